The molecule has 0 aliphatic carbocycles. The molecule has 2 heterocycles. The number of ether oxygens (including phenoxy) is 1. The van der Waals surface area contributed by atoms with E-state index in [1.165, 1.54) is 11.3 Å². The molecule has 5 nitrogen and oxygen atoms in total. The SMILES string of the molecule is C=C(C)C(=O)Nc1nc(-c2ccccc2)c(CN2CCOCC2)s1. The fourth-order valence-electron chi connectivity index (χ4n) is 2.50. The van der Waals surface area contributed by atoms with Crippen LogP contribution >= 0.6 is 11.3 Å². The van der Waals surface area contributed by atoms with Gasteiger partial charge in [0.25, 0.3) is 5.91 Å². The van der Waals surface area contributed by atoms with Gasteiger partial charge >= 0.3 is 0 Å². The summed E-state index contributed by atoms with van der Waals surface area (Å²) < 4.78 is 5.42. The highest BCUT2D eigenvalue weighted by atomic mass is 32.1. The third-order valence-corrected chi connectivity index (χ3v) is 4.78. The van der Waals surface area contributed by atoms with E-state index in [9.17, 15) is 4.79 Å². The maximum absolute atomic E-state index is 11.9. The van der Waals surface area contributed by atoms with Crippen LogP contribution in [-0.2, 0) is 16.1 Å². The molecular weight excluding hydrogens is 322 g/mol. The van der Waals surface area contributed by atoms with Crippen molar-refractivity contribution in [3.05, 3.63) is 47.4 Å². The smallest absolute Gasteiger partial charge is 0.252 e. The number of aromatic nitrogens is 1. The minimum atomic E-state index is -0.193. The monoisotopic (exact) mass is 343 g/mol. The van der Waals surface area contributed by atoms with E-state index < -0.39 is 0 Å². The molecule has 24 heavy (non-hydrogen) atoms. The minimum Gasteiger partial charge on any atom is -0.379 e. The molecule has 0 radical (unpaired) electrons. The van der Waals surface area contributed by atoms with Gasteiger partial charge < -0.3 is 4.74 Å². The number of nitrogens with zero attached hydrogens (tertiary/aromatic N) is 2. The first-order valence-electron chi connectivity index (χ1n) is 7.95. The normalized spacial score (nSPS) is 15.2. The highest BCUT2D eigenvalue weighted by molar-refractivity contribution is 7.16. The van der Waals surface area contributed by atoms with Crippen molar-refractivity contribution >= 4 is 22.4 Å². The number of morpholine rings is 1. The van der Waals surface area contributed by atoms with Crippen molar-refractivity contribution in [3.8, 4) is 11.3 Å². The Labute approximate surface area is 146 Å². The zero-order valence-corrected chi connectivity index (χ0v) is 14.6. The van der Waals surface area contributed by atoms with Crippen molar-refractivity contribution in [2.75, 3.05) is 31.6 Å². The zero-order chi connectivity index (χ0) is 16.9. The molecule has 1 aromatic heterocycles. The summed E-state index contributed by atoms with van der Waals surface area (Å²) >= 11 is 1.53. The number of rotatable bonds is 5. The molecule has 1 N–H and O–H groups in total. The maximum Gasteiger partial charge on any atom is 0.252 e. The number of anilines is 1. The number of carbonyl (C=O) groups excluding carboxylic acids is 1. The number of nitrogens with one attached hydrogen (secondary N) is 1. The van der Waals surface area contributed by atoms with E-state index in [1.807, 2.05) is 30.3 Å². The Morgan fingerprint density at radius 1 is 1.33 bits per heavy atom. The molecule has 0 unspecified atom stereocenters. The van der Waals surface area contributed by atoms with Gasteiger partial charge in [0.15, 0.2) is 5.13 Å². The molecule has 0 saturated carbocycles. The molecule has 126 valence electrons. The fourth-order valence-corrected chi connectivity index (χ4v) is 3.52. The summed E-state index contributed by atoms with van der Waals surface area (Å²) in [6.07, 6.45) is 0. The second-order valence-electron chi connectivity index (χ2n) is 5.78. The molecule has 2 aromatic rings. The van der Waals surface area contributed by atoms with E-state index in [1.54, 1.807) is 6.92 Å². The molecule has 3 rings (SSSR count). The predicted molar refractivity (Wildman–Crippen MR) is 97.1 cm³/mol. The molecule has 1 aliphatic heterocycles. The largest absolute Gasteiger partial charge is 0.379 e. The zero-order valence-electron chi connectivity index (χ0n) is 13.7. The summed E-state index contributed by atoms with van der Waals surface area (Å²) in [5.74, 6) is -0.193. The molecule has 1 amide bonds. The first-order valence-corrected chi connectivity index (χ1v) is 8.77. The first kappa shape index (κ1) is 16.8. The van der Waals surface area contributed by atoms with E-state index in [0.29, 0.717) is 10.7 Å². The maximum atomic E-state index is 11.9. The number of benzene rings is 1. The number of carbonyl (C=O) groups is 1. The molecule has 1 aromatic carbocycles. The van der Waals surface area contributed by atoms with Crippen LogP contribution in [0.25, 0.3) is 11.3 Å². The molecule has 1 aliphatic rings. The van der Waals surface area contributed by atoms with E-state index in [2.05, 4.69) is 21.8 Å². The summed E-state index contributed by atoms with van der Waals surface area (Å²) in [6, 6.07) is 10.1. The van der Waals surface area contributed by atoms with Crippen LogP contribution in [0.5, 0.6) is 0 Å². The Balaban J connectivity index is 1.87. The Hall–Kier alpha value is -2.02. The Bertz CT molecular complexity index is 721. The molecule has 0 atom stereocenters. The van der Waals surface area contributed by atoms with Gasteiger partial charge in [-0.05, 0) is 6.92 Å². The van der Waals surface area contributed by atoms with Crippen molar-refractivity contribution in [1.29, 1.82) is 0 Å². The van der Waals surface area contributed by atoms with Crippen molar-refractivity contribution in [2.24, 2.45) is 0 Å². The van der Waals surface area contributed by atoms with Gasteiger partial charge in [0, 0.05) is 35.6 Å². The van der Waals surface area contributed by atoms with Gasteiger partial charge in [0.1, 0.15) is 0 Å². The van der Waals surface area contributed by atoms with Crippen molar-refractivity contribution in [1.82, 2.24) is 9.88 Å². The first-order chi connectivity index (χ1) is 11.6. The van der Waals surface area contributed by atoms with Gasteiger partial charge in [-0.3, -0.25) is 15.0 Å². The summed E-state index contributed by atoms with van der Waals surface area (Å²) in [6.45, 7) is 9.54. The van der Waals surface area contributed by atoms with E-state index >= 15 is 0 Å². The highest BCUT2D eigenvalue weighted by Crippen LogP contribution is 2.32. The summed E-state index contributed by atoms with van der Waals surface area (Å²) in [5.41, 5.74) is 2.47. The molecule has 6 heteroatoms. The summed E-state index contributed by atoms with van der Waals surface area (Å²) in [4.78, 5) is 20.1. The Morgan fingerprint density at radius 2 is 2.04 bits per heavy atom. The second-order valence-corrected chi connectivity index (χ2v) is 6.86. The van der Waals surface area contributed by atoms with Gasteiger partial charge in [0.2, 0.25) is 0 Å². The molecular formula is C18H21N3O2S. The van der Waals surface area contributed by atoms with Crippen LogP contribution in [0.1, 0.15) is 11.8 Å². The van der Waals surface area contributed by atoms with Gasteiger partial charge in [-0.25, -0.2) is 4.98 Å². The van der Waals surface area contributed by atoms with Crippen LogP contribution in [-0.4, -0.2) is 42.1 Å². The van der Waals surface area contributed by atoms with Crippen LogP contribution in [0.2, 0.25) is 0 Å². The lowest BCUT2D eigenvalue weighted by atomic mass is 10.1. The van der Waals surface area contributed by atoms with Crippen LogP contribution in [0.3, 0.4) is 0 Å². The van der Waals surface area contributed by atoms with Crippen LogP contribution in [0, 0.1) is 0 Å². The van der Waals surface area contributed by atoms with Crippen LogP contribution in [0.15, 0.2) is 42.5 Å². The molecule has 1 fully saturated rings. The van der Waals surface area contributed by atoms with Crippen LogP contribution < -0.4 is 5.32 Å². The average Bonchev–Trinajstić information content (AvgIpc) is 2.98. The van der Waals surface area contributed by atoms with E-state index in [-0.39, 0.29) is 5.91 Å². The Kier molecular flexibility index (Phi) is 5.40. The quantitative estimate of drug-likeness (QED) is 0.848. The lowest BCUT2D eigenvalue weighted by molar-refractivity contribution is -0.112. The van der Waals surface area contributed by atoms with Gasteiger partial charge in [-0.15, -0.1) is 0 Å². The minimum absolute atomic E-state index is 0.193. The Morgan fingerprint density at radius 3 is 2.71 bits per heavy atom. The van der Waals surface area contributed by atoms with Crippen molar-refractivity contribution in [2.45, 2.75) is 13.5 Å². The average molecular weight is 343 g/mol. The standard InChI is InChI=1S/C18H21N3O2S/c1-13(2)17(22)20-18-19-16(14-6-4-3-5-7-14)15(24-18)12-21-8-10-23-11-9-21/h3-7H,1,8-12H2,2H3,(H,19,20,22). The topological polar surface area (TPSA) is 54.5 Å². The van der Waals surface area contributed by atoms with Crippen molar-refractivity contribution in [3.63, 3.8) is 0 Å². The van der Waals surface area contributed by atoms with Crippen molar-refractivity contribution < 1.29 is 9.53 Å². The summed E-state index contributed by atoms with van der Waals surface area (Å²) in [5, 5.41) is 3.45. The summed E-state index contributed by atoms with van der Waals surface area (Å²) in [7, 11) is 0. The predicted octanol–water partition coefficient (Wildman–Crippen LogP) is 3.16. The fraction of sp³-hybridized carbons (Fsp3) is 0.333. The lowest BCUT2D eigenvalue weighted by Gasteiger charge is -2.26. The third kappa shape index (κ3) is 4.08. The number of amides is 1. The number of hydrogen-bond acceptors (Lipinski definition) is 5. The second kappa shape index (κ2) is 7.70. The highest BCUT2D eigenvalue weighted by Gasteiger charge is 2.19. The lowest BCUT2D eigenvalue weighted by Crippen LogP contribution is -2.35. The van der Waals surface area contributed by atoms with Gasteiger partial charge in [0.05, 0.1) is 18.9 Å². The molecule has 1 saturated heterocycles. The van der Waals surface area contributed by atoms with E-state index in [0.717, 1.165) is 49.0 Å². The van der Waals surface area contributed by atoms with E-state index in [4.69, 9.17) is 4.74 Å². The number of hydrogen-bond donors (Lipinski definition) is 1. The molecule has 0 spiro atoms. The van der Waals surface area contributed by atoms with Gasteiger partial charge in [-0.2, -0.15) is 0 Å². The van der Waals surface area contributed by atoms with Gasteiger partial charge in [-0.1, -0.05) is 48.2 Å². The third-order valence-electron chi connectivity index (χ3n) is 3.82. The molecule has 0 bridgehead atoms. The van der Waals surface area contributed by atoms with Crippen LogP contribution in [0.4, 0.5) is 5.13 Å². The number of thiazole rings is 1.